The van der Waals surface area contributed by atoms with Crippen LogP contribution in [0.15, 0.2) is 0 Å². The Morgan fingerprint density at radius 1 is 0.542 bits per heavy atom. The molecule has 2 atom stereocenters. The van der Waals surface area contributed by atoms with Gasteiger partial charge in [-0.25, -0.2) is 0 Å². The third-order valence-corrected chi connectivity index (χ3v) is 8.30. The summed E-state index contributed by atoms with van der Waals surface area (Å²) in [6.07, 6.45) is 28.3. The van der Waals surface area contributed by atoms with Crippen molar-refractivity contribution in [2.75, 3.05) is 0 Å². The van der Waals surface area contributed by atoms with Gasteiger partial charge in [0.2, 0.25) is 0 Å². The second-order valence-corrected chi connectivity index (χ2v) is 9.74. The van der Waals surface area contributed by atoms with E-state index in [0.29, 0.717) is 17.6 Å². The first-order valence-corrected chi connectivity index (χ1v) is 11.5. The highest BCUT2D eigenvalue weighted by Gasteiger charge is 2.51. The molecule has 4 saturated carbocycles. The Balaban J connectivity index is 0.000000121. The van der Waals surface area contributed by atoms with Gasteiger partial charge in [-0.1, -0.05) is 83.5 Å². The standard InChI is InChI=1S/C12H22.C11H18O/c1-3-7-11(8-4-1)12-9-5-2-6-10-12;1-2-5-11(6-3-1)7-4-9-8-10(11)12-9/h11-12H,1-10H2;9-10H,1-8H2. The molecule has 2 unspecified atom stereocenters. The van der Waals surface area contributed by atoms with Gasteiger partial charge in [0, 0.05) is 6.42 Å². The highest BCUT2D eigenvalue weighted by Crippen LogP contribution is 2.54. The molecule has 138 valence electrons. The first-order chi connectivity index (χ1) is 11.9. The molecule has 0 amide bonds. The van der Waals surface area contributed by atoms with Gasteiger partial charge in [0.05, 0.1) is 12.2 Å². The Kier molecular flexibility index (Phi) is 5.87. The van der Waals surface area contributed by atoms with Crippen molar-refractivity contribution in [1.29, 1.82) is 0 Å². The molecule has 2 aliphatic heterocycles. The van der Waals surface area contributed by atoms with Crippen LogP contribution in [-0.4, -0.2) is 12.2 Å². The Morgan fingerprint density at radius 3 is 1.50 bits per heavy atom. The van der Waals surface area contributed by atoms with E-state index in [9.17, 15) is 0 Å². The van der Waals surface area contributed by atoms with Crippen LogP contribution in [0.1, 0.15) is 116 Å². The average molecular weight is 333 g/mol. The number of fused-ring (bicyclic) bond motifs is 1. The summed E-state index contributed by atoms with van der Waals surface area (Å²) in [6, 6.07) is 0. The SMILES string of the molecule is C1CCC(C2CCCCC2)CC1.C1CCC2(CC1)CCC1CC2O1. The van der Waals surface area contributed by atoms with Gasteiger partial charge in [-0.15, -0.1) is 0 Å². The van der Waals surface area contributed by atoms with Crippen molar-refractivity contribution >= 4 is 0 Å². The van der Waals surface area contributed by atoms with Crippen molar-refractivity contribution in [3.63, 3.8) is 0 Å². The van der Waals surface area contributed by atoms with Crippen LogP contribution in [0.25, 0.3) is 0 Å². The monoisotopic (exact) mass is 332 g/mol. The first-order valence-electron chi connectivity index (χ1n) is 11.5. The Morgan fingerprint density at radius 2 is 1.04 bits per heavy atom. The van der Waals surface area contributed by atoms with E-state index >= 15 is 0 Å². The van der Waals surface area contributed by atoms with Crippen LogP contribution < -0.4 is 0 Å². The summed E-state index contributed by atoms with van der Waals surface area (Å²) in [5.41, 5.74) is 0.660. The number of hydrogen-bond acceptors (Lipinski definition) is 1. The topological polar surface area (TPSA) is 9.23 Å². The van der Waals surface area contributed by atoms with Crippen molar-refractivity contribution in [3.05, 3.63) is 0 Å². The maximum Gasteiger partial charge on any atom is 0.0659 e. The summed E-state index contributed by atoms with van der Waals surface area (Å²) < 4.78 is 5.87. The number of rotatable bonds is 1. The zero-order valence-corrected chi connectivity index (χ0v) is 15.9. The van der Waals surface area contributed by atoms with Crippen LogP contribution in [0.5, 0.6) is 0 Å². The largest absolute Gasteiger partial charge is 0.374 e. The third kappa shape index (κ3) is 3.87. The Hall–Kier alpha value is -0.0400. The Bertz CT molecular complexity index is 338. The van der Waals surface area contributed by atoms with Crippen LogP contribution in [-0.2, 0) is 4.74 Å². The molecule has 0 N–H and O–H groups in total. The second kappa shape index (κ2) is 8.11. The van der Waals surface area contributed by atoms with Crippen molar-refractivity contribution in [1.82, 2.24) is 0 Å². The molecule has 24 heavy (non-hydrogen) atoms. The van der Waals surface area contributed by atoms with Crippen LogP contribution in [0.4, 0.5) is 0 Å². The first kappa shape index (κ1) is 17.4. The van der Waals surface area contributed by atoms with Crippen LogP contribution in [0, 0.1) is 17.3 Å². The molecule has 2 heterocycles. The van der Waals surface area contributed by atoms with Crippen molar-refractivity contribution in [2.45, 2.75) is 128 Å². The van der Waals surface area contributed by atoms with Gasteiger partial charge in [0.15, 0.2) is 0 Å². The third-order valence-electron chi connectivity index (χ3n) is 8.30. The van der Waals surface area contributed by atoms with Crippen molar-refractivity contribution in [3.8, 4) is 0 Å². The van der Waals surface area contributed by atoms with Crippen LogP contribution >= 0.6 is 0 Å². The molecule has 1 heteroatoms. The van der Waals surface area contributed by atoms with Crippen LogP contribution in [0.3, 0.4) is 0 Å². The molecule has 6 fully saturated rings. The van der Waals surface area contributed by atoms with Gasteiger partial charge in [-0.2, -0.15) is 0 Å². The summed E-state index contributed by atoms with van der Waals surface area (Å²) in [7, 11) is 0. The van der Waals surface area contributed by atoms with E-state index < -0.39 is 0 Å². The van der Waals surface area contributed by atoms with E-state index in [4.69, 9.17) is 4.74 Å². The summed E-state index contributed by atoms with van der Waals surface area (Å²) >= 11 is 0. The minimum Gasteiger partial charge on any atom is -0.374 e. The lowest BCUT2D eigenvalue weighted by molar-refractivity contribution is -0.231. The molecule has 2 saturated heterocycles. The van der Waals surface area contributed by atoms with Gasteiger partial charge in [0.25, 0.3) is 0 Å². The molecular weight excluding hydrogens is 292 g/mol. The molecule has 1 nitrogen and oxygen atoms in total. The van der Waals surface area contributed by atoms with Crippen LogP contribution in [0.2, 0.25) is 0 Å². The van der Waals surface area contributed by atoms with Crippen molar-refractivity contribution < 1.29 is 4.74 Å². The van der Waals surface area contributed by atoms with Gasteiger partial charge in [-0.05, 0) is 42.9 Å². The number of ether oxygens (including phenoxy) is 1. The van der Waals surface area contributed by atoms with E-state index in [2.05, 4.69) is 0 Å². The summed E-state index contributed by atoms with van der Waals surface area (Å²) in [4.78, 5) is 0. The summed E-state index contributed by atoms with van der Waals surface area (Å²) in [5.74, 6) is 2.28. The second-order valence-electron chi connectivity index (χ2n) is 9.74. The molecular formula is C23H40O. The molecule has 1 spiro atoms. The zero-order chi connectivity index (χ0) is 16.2. The summed E-state index contributed by atoms with van der Waals surface area (Å²) in [6.45, 7) is 0. The maximum atomic E-state index is 5.87. The van der Waals surface area contributed by atoms with E-state index in [1.807, 2.05) is 0 Å². The van der Waals surface area contributed by atoms with E-state index in [-0.39, 0.29) is 0 Å². The smallest absolute Gasteiger partial charge is 0.0659 e. The molecule has 6 aliphatic rings. The average Bonchev–Trinajstić information content (AvgIpc) is 2.64. The lowest BCUT2D eigenvalue weighted by Crippen LogP contribution is -2.55. The summed E-state index contributed by atoms with van der Waals surface area (Å²) in [5, 5.41) is 0. The van der Waals surface area contributed by atoms with Gasteiger partial charge < -0.3 is 4.74 Å². The normalized spacial score (nSPS) is 36.5. The fourth-order valence-corrected chi connectivity index (χ4v) is 6.69. The predicted molar refractivity (Wildman–Crippen MR) is 101 cm³/mol. The van der Waals surface area contributed by atoms with E-state index in [0.717, 1.165) is 11.8 Å². The zero-order valence-electron chi connectivity index (χ0n) is 15.9. The van der Waals surface area contributed by atoms with Gasteiger partial charge >= 0.3 is 0 Å². The number of hydrogen-bond donors (Lipinski definition) is 0. The highest BCUT2D eigenvalue weighted by atomic mass is 16.5. The maximum absolute atomic E-state index is 5.87. The minimum atomic E-state index is 0.660. The van der Waals surface area contributed by atoms with E-state index in [1.54, 1.807) is 25.7 Å². The lowest BCUT2D eigenvalue weighted by Gasteiger charge is -2.56. The fraction of sp³-hybridized carbons (Fsp3) is 1.00. The minimum absolute atomic E-state index is 0.660. The van der Waals surface area contributed by atoms with Crippen molar-refractivity contribution in [2.24, 2.45) is 17.3 Å². The van der Waals surface area contributed by atoms with E-state index in [1.165, 1.54) is 89.9 Å². The molecule has 0 aromatic rings. The fourth-order valence-electron chi connectivity index (χ4n) is 6.69. The predicted octanol–water partition coefficient (Wildman–Crippen LogP) is 7.04. The lowest BCUT2D eigenvalue weighted by atomic mass is 9.60. The Labute approximate surface area is 150 Å². The molecule has 0 aromatic carbocycles. The van der Waals surface area contributed by atoms with Gasteiger partial charge in [-0.3, -0.25) is 0 Å². The molecule has 2 bridgehead atoms. The molecule has 0 radical (unpaired) electrons. The molecule has 0 aromatic heterocycles. The van der Waals surface area contributed by atoms with Gasteiger partial charge in [0.1, 0.15) is 0 Å². The molecule has 6 rings (SSSR count). The highest BCUT2D eigenvalue weighted by molar-refractivity contribution is 5.00. The quantitative estimate of drug-likeness (QED) is 0.500. The molecule has 4 aliphatic carbocycles.